The van der Waals surface area contributed by atoms with Crippen molar-refractivity contribution < 1.29 is 19.2 Å². The summed E-state index contributed by atoms with van der Waals surface area (Å²) in [7, 11) is 4.92. The second-order valence-corrected chi connectivity index (χ2v) is 7.14. The molecule has 1 unspecified atom stereocenters. The molecule has 0 saturated heterocycles. The van der Waals surface area contributed by atoms with Crippen LogP contribution in [0, 0.1) is 10.1 Å². The number of nitro benzene ring substituents is 1. The molecule has 164 valence electrons. The van der Waals surface area contributed by atoms with Gasteiger partial charge < -0.3 is 24.3 Å². The number of aromatic amines is 1. The maximum Gasteiger partial charge on any atom is 0.270 e. The van der Waals surface area contributed by atoms with E-state index in [0.29, 0.717) is 33.8 Å². The van der Waals surface area contributed by atoms with E-state index >= 15 is 0 Å². The number of nitrogens with zero attached hydrogens (tertiary/aromatic N) is 3. The van der Waals surface area contributed by atoms with Crippen molar-refractivity contribution in [3.63, 3.8) is 0 Å². The van der Waals surface area contributed by atoms with Crippen LogP contribution < -0.4 is 14.8 Å². The third-order valence-corrected chi connectivity index (χ3v) is 5.22. The number of carbonyl (C=O) groups excluding carboxylic acids is 1. The van der Waals surface area contributed by atoms with E-state index in [1.807, 2.05) is 7.05 Å². The maximum atomic E-state index is 13.3. The fourth-order valence-corrected chi connectivity index (χ4v) is 3.57. The van der Waals surface area contributed by atoms with Crippen LogP contribution in [-0.2, 0) is 7.05 Å². The minimum absolute atomic E-state index is 0.0932. The molecule has 1 atom stereocenters. The van der Waals surface area contributed by atoms with E-state index < -0.39 is 16.9 Å². The lowest BCUT2D eigenvalue weighted by Crippen LogP contribution is -2.31. The van der Waals surface area contributed by atoms with Gasteiger partial charge in [0.05, 0.1) is 24.7 Å². The molecule has 2 aromatic heterocycles. The molecule has 2 N–H and O–H groups in total. The summed E-state index contributed by atoms with van der Waals surface area (Å²) in [6.07, 6.45) is 4.95. The Morgan fingerprint density at radius 2 is 1.91 bits per heavy atom. The van der Waals surface area contributed by atoms with Crippen LogP contribution in [0.3, 0.4) is 0 Å². The molecule has 4 aromatic rings. The van der Waals surface area contributed by atoms with E-state index in [1.54, 1.807) is 55.4 Å². The number of hydrogen-bond donors (Lipinski definition) is 2. The van der Waals surface area contributed by atoms with Gasteiger partial charge in [-0.25, -0.2) is 4.98 Å². The molecule has 32 heavy (non-hydrogen) atoms. The molecule has 0 radical (unpaired) electrons. The molecule has 0 fully saturated rings. The van der Waals surface area contributed by atoms with Crippen molar-refractivity contribution in [3.8, 4) is 11.5 Å². The summed E-state index contributed by atoms with van der Waals surface area (Å²) < 4.78 is 12.6. The van der Waals surface area contributed by atoms with Gasteiger partial charge in [0.1, 0.15) is 23.4 Å². The Balaban J connectivity index is 1.77. The SMILES string of the molecule is COc1cc(OC)cc(C(NC(=O)c2c[nH]c3ccc([N+](=O)[O-])cc23)c2nccn2C)c1. The number of carbonyl (C=O) groups is 1. The number of imidazole rings is 1. The van der Waals surface area contributed by atoms with Crippen molar-refractivity contribution in [2.24, 2.45) is 7.05 Å². The second-order valence-electron chi connectivity index (χ2n) is 7.14. The molecule has 10 nitrogen and oxygen atoms in total. The molecular weight excluding hydrogens is 414 g/mol. The molecule has 1 amide bonds. The third kappa shape index (κ3) is 3.85. The lowest BCUT2D eigenvalue weighted by atomic mass is 10.0. The van der Waals surface area contributed by atoms with E-state index in [1.165, 1.54) is 18.3 Å². The number of rotatable bonds is 7. The van der Waals surface area contributed by atoms with Gasteiger partial charge in [-0.05, 0) is 23.8 Å². The highest BCUT2D eigenvalue weighted by atomic mass is 16.6. The fraction of sp³-hybridized carbons (Fsp3) is 0.182. The van der Waals surface area contributed by atoms with Crippen LogP contribution in [0.15, 0.2) is 55.0 Å². The number of aryl methyl sites for hydroxylation is 1. The molecule has 4 rings (SSSR count). The first kappa shape index (κ1) is 20.9. The first-order valence-electron chi connectivity index (χ1n) is 9.68. The lowest BCUT2D eigenvalue weighted by Gasteiger charge is -2.20. The molecule has 0 bridgehead atoms. The number of fused-ring (bicyclic) bond motifs is 1. The Bertz CT molecular complexity index is 1290. The molecular formula is C22H21N5O5. The number of hydrogen-bond acceptors (Lipinski definition) is 6. The van der Waals surface area contributed by atoms with Crippen molar-refractivity contribution in [1.29, 1.82) is 0 Å². The Hall–Kier alpha value is -4.34. The monoisotopic (exact) mass is 435 g/mol. The van der Waals surface area contributed by atoms with Crippen LogP contribution in [0.2, 0.25) is 0 Å². The molecule has 0 aliphatic heterocycles. The van der Waals surface area contributed by atoms with Crippen molar-refractivity contribution in [3.05, 3.63) is 82.1 Å². The first-order valence-corrected chi connectivity index (χ1v) is 9.68. The highest BCUT2D eigenvalue weighted by Gasteiger charge is 2.25. The number of benzene rings is 2. The van der Waals surface area contributed by atoms with Gasteiger partial charge in [0, 0.05) is 54.7 Å². The standard InChI is InChI=1S/C22H21N5O5/c1-26-7-6-23-21(26)20(13-8-15(31-2)11-16(9-13)32-3)25-22(28)18-12-24-19-5-4-14(27(29)30)10-17(18)19/h4-12,20,24H,1-3H3,(H,25,28). The van der Waals surface area contributed by atoms with E-state index in [9.17, 15) is 14.9 Å². The van der Waals surface area contributed by atoms with Crippen LogP contribution >= 0.6 is 0 Å². The van der Waals surface area contributed by atoms with Gasteiger partial charge in [0.2, 0.25) is 0 Å². The van der Waals surface area contributed by atoms with Gasteiger partial charge in [0.15, 0.2) is 0 Å². The number of methoxy groups -OCH3 is 2. The molecule has 0 spiro atoms. The zero-order valence-electron chi connectivity index (χ0n) is 17.7. The molecule has 0 saturated carbocycles. The summed E-state index contributed by atoms with van der Waals surface area (Å²) in [6, 6.07) is 9.04. The van der Waals surface area contributed by atoms with Crippen LogP contribution in [0.4, 0.5) is 5.69 Å². The number of ether oxygens (including phenoxy) is 2. The molecule has 2 aromatic carbocycles. The van der Waals surface area contributed by atoms with Gasteiger partial charge in [-0.2, -0.15) is 0 Å². The topological polar surface area (TPSA) is 124 Å². The van der Waals surface area contributed by atoms with Crippen molar-refractivity contribution in [1.82, 2.24) is 19.9 Å². The minimum atomic E-state index is -0.629. The summed E-state index contributed by atoms with van der Waals surface area (Å²) >= 11 is 0. The predicted octanol–water partition coefficient (Wildman–Crippen LogP) is 3.35. The van der Waals surface area contributed by atoms with Crippen molar-refractivity contribution in [2.75, 3.05) is 14.2 Å². The smallest absolute Gasteiger partial charge is 0.270 e. The van der Waals surface area contributed by atoms with Gasteiger partial charge in [-0.15, -0.1) is 0 Å². The predicted molar refractivity (Wildman–Crippen MR) is 117 cm³/mol. The Morgan fingerprint density at radius 3 is 2.50 bits per heavy atom. The average molecular weight is 435 g/mol. The summed E-state index contributed by atoms with van der Waals surface area (Å²) in [6.45, 7) is 0. The molecule has 2 heterocycles. The Labute approximate surface area is 182 Å². The fourth-order valence-electron chi connectivity index (χ4n) is 3.57. The summed E-state index contributed by atoms with van der Waals surface area (Å²) in [5.41, 5.74) is 1.52. The number of H-pyrrole nitrogens is 1. The van der Waals surface area contributed by atoms with Crippen LogP contribution in [0.1, 0.15) is 27.8 Å². The molecule has 0 aliphatic rings. The maximum absolute atomic E-state index is 13.3. The van der Waals surface area contributed by atoms with Crippen LogP contribution in [0.5, 0.6) is 11.5 Å². The third-order valence-electron chi connectivity index (χ3n) is 5.22. The lowest BCUT2D eigenvalue weighted by molar-refractivity contribution is -0.384. The largest absolute Gasteiger partial charge is 0.497 e. The van der Waals surface area contributed by atoms with Crippen molar-refractivity contribution >= 4 is 22.5 Å². The van der Waals surface area contributed by atoms with Gasteiger partial charge in [0.25, 0.3) is 11.6 Å². The number of nitro groups is 1. The highest BCUT2D eigenvalue weighted by Crippen LogP contribution is 2.30. The van der Waals surface area contributed by atoms with Gasteiger partial charge in [-0.3, -0.25) is 14.9 Å². The quantitative estimate of drug-likeness (QED) is 0.339. The van der Waals surface area contributed by atoms with E-state index in [0.717, 1.165) is 0 Å². The Kier molecular flexibility index (Phi) is 5.50. The summed E-state index contributed by atoms with van der Waals surface area (Å²) in [5, 5.41) is 14.6. The Morgan fingerprint density at radius 1 is 1.19 bits per heavy atom. The number of non-ortho nitro benzene ring substituents is 1. The molecule has 10 heteroatoms. The van der Waals surface area contributed by atoms with Gasteiger partial charge >= 0.3 is 0 Å². The van der Waals surface area contributed by atoms with E-state index in [-0.39, 0.29) is 11.3 Å². The van der Waals surface area contributed by atoms with E-state index in [2.05, 4.69) is 15.3 Å². The highest BCUT2D eigenvalue weighted by molar-refractivity contribution is 6.07. The van der Waals surface area contributed by atoms with Gasteiger partial charge in [-0.1, -0.05) is 0 Å². The van der Waals surface area contributed by atoms with Crippen LogP contribution in [-0.4, -0.2) is 39.6 Å². The molecule has 0 aliphatic carbocycles. The average Bonchev–Trinajstić information content (AvgIpc) is 3.42. The second kappa shape index (κ2) is 8.42. The zero-order chi connectivity index (χ0) is 22.8. The minimum Gasteiger partial charge on any atom is -0.497 e. The van der Waals surface area contributed by atoms with Crippen LogP contribution in [0.25, 0.3) is 10.9 Å². The number of amides is 1. The normalized spacial score (nSPS) is 11.8. The summed E-state index contributed by atoms with van der Waals surface area (Å²) in [4.78, 5) is 31.4. The van der Waals surface area contributed by atoms with Crippen molar-refractivity contribution in [2.45, 2.75) is 6.04 Å². The van der Waals surface area contributed by atoms with E-state index in [4.69, 9.17) is 9.47 Å². The summed E-state index contributed by atoms with van der Waals surface area (Å²) in [5.74, 6) is 1.32. The number of nitrogens with one attached hydrogen (secondary N) is 2. The zero-order valence-corrected chi connectivity index (χ0v) is 17.7. The number of aromatic nitrogens is 3. The first-order chi connectivity index (χ1) is 15.4.